The van der Waals surface area contributed by atoms with Gasteiger partial charge >= 0.3 is 0 Å². The van der Waals surface area contributed by atoms with Gasteiger partial charge in [-0.05, 0) is 61.9 Å². The van der Waals surface area contributed by atoms with Gasteiger partial charge in [-0.3, -0.25) is 4.99 Å². The third-order valence-corrected chi connectivity index (χ3v) is 5.65. The second-order valence-corrected chi connectivity index (χ2v) is 7.84. The number of benzene rings is 2. The molecule has 0 spiro atoms. The molecule has 6 nitrogen and oxygen atoms in total. The van der Waals surface area contributed by atoms with Gasteiger partial charge in [0.25, 0.3) is 0 Å². The van der Waals surface area contributed by atoms with Crippen LogP contribution in [0.4, 0.5) is 5.69 Å². The Kier molecular flexibility index (Phi) is 8.88. The molecule has 1 heterocycles. The summed E-state index contributed by atoms with van der Waals surface area (Å²) in [4.78, 5) is 6.84. The summed E-state index contributed by atoms with van der Waals surface area (Å²) in [6, 6.07) is 16.8. The zero-order chi connectivity index (χ0) is 21.9. The number of ether oxygens (including phenoxy) is 2. The van der Waals surface area contributed by atoms with Crippen molar-refractivity contribution in [3.63, 3.8) is 0 Å². The first-order valence-electron chi connectivity index (χ1n) is 11.3. The molecule has 0 amide bonds. The Hall–Kier alpha value is -2.89. The summed E-state index contributed by atoms with van der Waals surface area (Å²) in [5.74, 6) is 3.11. The average molecular weight is 425 g/mol. The van der Waals surface area contributed by atoms with Crippen molar-refractivity contribution in [3.05, 3.63) is 54.1 Å². The van der Waals surface area contributed by atoms with Gasteiger partial charge in [0.05, 0.1) is 13.7 Å². The van der Waals surface area contributed by atoms with E-state index in [9.17, 15) is 0 Å². The van der Waals surface area contributed by atoms with Crippen LogP contribution >= 0.6 is 0 Å². The maximum Gasteiger partial charge on any atom is 0.190 e. The molecule has 0 bridgehead atoms. The van der Waals surface area contributed by atoms with Gasteiger partial charge in [-0.15, -0.1) is 0 Å². The van der Waals surface area contributed by atoms with E-state index >= 15 is 0 Å². The molecule has 1 fully saturated rings. The molecule has 168 valence electrons. The Bertz CT molecular complexity index is 826. The van der Waals surface area contributed by atoms with E-state index in [0.29, 0.717) is 12.5 Å². The number of aryl methyl sites for hydroxylation is 1. The number of hydrogen-bond donors (Lipinski definition) is 2. The lowest BCUT2D eigenvalue weighted by Crippen LogP contribution is -2.40. The van der Waals surface area contributed by atoms with Crippen molar-refractivity contribution in [2.75, 3.05) is 51.8 Å². The van der Waals surface area contributed by atoms with E-state index in [1.165, 1.54) is 17.7 Å². The van der Waals surface area contributed by atoms with E-state index in [-0.39, 0.29) is 0 Å². The Balaban J connectivity index is 1.37. The molecule has 6 heteroatoms. The fraction of sp³-hybridized carbons (Fsp3) is 0.480. The first kappa shape index (κ1) is 22.8. The highest BCUT2D eigenvalue weighted by Gasteiger charge is 2.22. The number of anilines is 1. The number of nitrogens with one attached hydrogen (secondary N) is 2. The minimum Gasteiger partial charge on any atom is -0.493 e. The van der Waals surface area contributed by atoms with E-state index in [1.807, 2.05) is 20.0 Å². The van der Waals surface area contributed by atoms with Gasteiger partial charge in [-0.1, -0.05) is 24.3 Å². The van der Waals surface area contributed by atoms with Crippen LogP contribution in [-0.4, -0.2) is 52.9 Å². The van der Waals surface area contributed by atoms with Crippen LogP contribution in [0.2, 0.25) is 0 Å². The summed E-state index contributed by atoms with van der Waals surface area (Å²) in [6.45, 7) is 6.64. The van der Waals surface area contributed by atoms with E-state index in [0.717, 1.165) is 56.5 Å². The molecule has 2 N–H and O–H groups in total. The predicted octanol–water partition coefficient (Wildman–Crippen LogP) is 3.72. The lowest BCUT2D eigenvalue weighted by atomic mass is 10.1. The first-order chi connectivity index (χ1) is 15.2. The number of para-hydroxylation sites is 1. The number of methoxy groups -OCH3 is 1. The van der Waals surface area contributed by atoms with Gasteiger partial charge in [0.2, 0.25) is 0 Å². The SMILES string of the molecule is CCOc1cc(CCCNC(=NC)NCC2CCN(c3ccccc3)C2)ccc1OC. The van der Waals surface area contributed by atoms with Crippen LogP contribution in [0.1, 0.15) is 25.3 Å². The highest BCUT2D eigenvalue weighted by atomic mass is 16.5. The molecule has 1 aliphatic heterocycles. The van der Waals surface area contributed by atoms with Crippen LogP contribution in [0.15, 0.2) is 53.5 Å². The van der Waals surface area contributed by atoms with Gasteiger partial charge in [-0.2, -0.15) is 0 Å². The molecule has 1 saturated heterocycles. The lowest BCUT2D eigenvalue weighted by Gasteiger charge is -2.19. The van der Waals surface area contributed by atoms with Gasteiger partial charge in [-0.25, -0.2) is 0 Å². The minimum atomic E-state index is 0.632. The van der Waals surface area contributed by atoms with Crippen LogP contribution < -0.4 is 25.0 Å². The lowest BCUT2D eigenvalue weighted by molar-refractivity contribution is 0.310. The van der Waals surface area contributed by atoms with Gasteiger partial charge in [0, 0.05) is 38.9 Å². The predicted molar refractivity (Wildman–Crippen MR) is 129 cm³/mol. The number of hydrogen-bond acceptors (Lipinski definition) is 4. The summed E-state index contributed by atoms with van der Waals surface area (Å²) < 4.78 is 11.0. The van der Waals surface area contributed by atoms with E-state index in [4.69, 9.17) is 9.47 Å². The van der Waals surface area contributed by atoms with Crippen molar-refractivity contribution < 1.29 is 9.47 Å². The molecule has 0 saturated carbocycles. The molecule has 0 radical (unpaired) electrons. The molecule has 2 aromatic carbocycles. The normalized spacial score (nSPS) is 16.3. The second kappa shape index (κ2) is 12.1. The minimum absolute atomic E-state index is 0.632. The van der Waals surface area contributed by atoms with Gasteiger partial charge in [0.15, 0.2) is 17.5 Å². The van der Waals surface area contributed by atoms with Crippen molar-refractivity contribution in [3.8, 4) is 11.5 Å². The van der Waals surface area contributed by atoms with Crippen LogP contribution in [0, 0.1) is 5.92 Å². The summed E-state index contributed by atoms with van der Waals surface area (Å²) in [5, 5.41) is 6.94. The molecule has 1 aliphatic rings. The average Bonchev–Trinajstić information content (AvgIpc) is 3.29. The van der Waals surface area contributed by atoms with Crippen molar-refractivity contribution in [1.82, 2.24) is 10.6 Å². The van der Waals surface area contributed by atoms with Crippen molar-refractivity contribution >= 4 is 11.6 Å². The zero-order valence-electron chi connectivity index (χ0n) is 19.1. The molecule has 0 aliphatic carbocycles. The number of rotatable bonds is 10. The number of nitrogens with zero attached hydrogens (tertiary/aromatic N) is 2. The Morgan fingerprint density at radius 1 is 1.13 bits per heavy atom. The zero-order valence-corrected chi connectivity index (χ0v) is 19.1. The molecule has 2 aromatic rings. The maximum absolute atomic E-state index is 5.67. The van der Waals surface area contributed by atoms with E-state index < -0.39 is 0 Å². The maximum atomic E-state index is 5.67. The topological polar surface area (TPSA) is 58.1 Å². The van der Waals surface area contributed by atoms with Crippen molar-refractivity contribution in [2.24, 2.45) is 10.9 Å². The van der Waals surface area contributed by atoms with Gasteiger partial charge < -0.3 is 25.0 Å². The third-order valence-electron chi connectivity index (χ3n) is 5.65. The largest absolute Gasteiger partial charge is 0.493 e. The monoisotopic (exact) mass is 424 g/mol. The van der Waals surface area contributed by atoms with Crippen molar-refractivity contribution in [1.29, 1.82) is 0 Å². The molecule has 1 unspecified atom stereocenters. The quantitative estimate of drug-likeness (QED) is 0.346. The second-order valence-electron chi connectivity index (χ2n) is 7.84. The summed E-state index contributed by atoms with van der Waals surface area (Å²) in [6.07, 6.45) is 3.20. The van der Waals surface area contributed by atoms with Crippen molar-refractivity contribution in [2.45, 2.75) is 26.2 Å². The number of aliphatic imine (C=N–C) groups is 1. The highest BCUT2D eigenvalue weighted by Crippen LogP contribution is 2.28. The molecule has 3 rings (SSSR count). The van der Waals surface area contributed by atoms with Crippen LogP contribution in [-0.2, 0) is 6.42 Å². The molecule has 1 atom stereocenters. The molecular weight excluding hydrogens is 388 g/mol. The summed E-state index contributed by atoms with van der Waals surface area (Å²) >= 11 is 0. The summed E-state index contributed by atoms with van der Waals surface area (Å²) in [7, 11) is 3.50. The Morgan fingerprint density at radius 3 is 2.71 bits per heavy atom. The van der Waals surface area contributed by atoms with Gasteiger partial charge in [0.1, 0.15) is 0 Å². The Morgan fingerprint density at radius 2 is 1.97 bits per heavy atom. The third kappa shape index (κ3) is 6.81. The van der Waals surface area contributed by atoms with E-state index in [1.54, 1.807) is 7.11 Å². The highest BCUT2D eigenvalue weighted by molar-refractivity contribution is 5.79. The first-order valence-corrected chi connectivity index (χ1v) is 11.3. The Labute approximate surface area is 186 Å². The molecule has 31 heavy (non-hydrogen) atoms. The fourth-order valence-corrected chi connectivity index (χ4v) is 3.98. The molecular formula is C25H36N4O2. The fourth-order valence-electron chi connectivity index (χ4n) is 3.98. The van der Waals surface area contributed by atoms with Crippen LogP contribution in [0.25, 0.3) is 0 Å². The van der Waals surface area contributed by atoms with E-state index in [2.05, 4.69) is 63.0 Å². The smallest absolute Gasteiger partial charge is 0.190 e. The summed E-state index contributed by atoms with van der Waals surface area (Å²) in [5.41, 5.74) is 2.57. The van der Waals surface area contributed by atoms with Crippen LogP contribution in [0.3, 0.4) is 0 Å². The number of guanidine groups is 1. The standard InChI is InChI=1S/C25H36N4O2/c1-4-31-24-17-20(12-13-23(24)30-3)9-8-15-27-25(26-2)28-18-21-14-16-29(19-21)22-10-6-5-7-11-22/h5-7,10-13,17,21H,4,8-9,14-16,18-19H2,1-3H3,(H2,26,27,28). The van der Waals surface area contributed by atoms with Crippen LogP contribution in [0.5, 0.6) is 11.5 Å². The molecule has 0 aromatic heterocycles.